The van der Waals surface area contributed by atoms with Crippen LogP contribution in [0.25, 0.3) is 11.0 Å². The van der Waals surface area contributed by atoms with Crippen molar-refractivity contribution in [3.05, 3.63) is 24.6 Å². The molecule has 1 aliphatic rings. The Balaban J connectivity index is 2.08. The molecule has 3 heterocycles. The van der Waals surface area contributed by atoms with Crippen LogP contribution in [0.5, 0.6) is 0 Å². The molecule has 2 atom stereocenters. The van der Waals surface area contributed by atoms with Gasteiger partial charge in [-0.2, -0.15) is 0 Å². The molecular formula is C12H12N2O4. The Hall–Kier alpha value is -2.08. The molecule has 0 aromatic carbocycles. The molecule has 18 heavy (non-hydrogen) atoms. The molecule has 1 fully saturated rings. The Bertz CT molecular complexity index is 595. The van der Waals surface area contributed by atoms with E-state index in [1.165, 1.54) is 6.26 Å². The van der Waals surface area contributed by atoms with Crippen LogP contribution in [-0.2, 0) is 4.79 Å². The number of nitrogens with zero attached hydrogens (tertiary/aromatic N) is 2. The molecule has 0 radical (unpaired) electrons. The highest BCUT2D eigenvalue weighted by Crippen LogP contribution is 2.31. The minimum Gasteiger partial charge on any atom is -0.480 e. The molecule has 1 aliphatic heterocycles. The van der Waals surface area contributed by atoms with Crippen LogP contribution in [-0.4, -0.2) is 39.9 Å². The fraction of sp³-hybridized carbons (Fsp3) is 0.333. The lowest BCUT2D eigenvalue weighted by molar-refractivity contribution is -0.138. The number of aromatic nitrogens is 1. The van der Waals surface area contributed by atoms with E-state index in [-0.39, 0.29) is 13.0 Å². The summed E-state index contributed by atoms with van der Waals surface area (Å²) in [6, 6.07) is 2.73. The summed E-state index contributed by atoms with van der Waals surface area (Å²) in [6.07, 6.45) is 2.68. The molecule has 3 rings (SSSR count). The fourth-order valence-electron chi connectivity index (χ4n) is 2.39. The Labute approximate surface area is 102 Å². The van der Waals surface area contributed by atoms with Crippen LogP contribution >= 0.6 is 0 Å². The van der Waals surface area contributed by atoms with Crippen molar-refractivity contribution >= 4 is 22.8 Å². The van der Waals surface area contributed by atoms with Gasteiger partial charge in [-0.25, -0.2) is 9.78 Å². The van der Waals surface area contributed by atoms with Gasteiger partial charge in [0.25, 0.3) is 0 Å². The predicted octanol–water partition coefficient (Wildman–Crippen LogP) is 0.852. The third kappa shape index (κ3) is 1.62. The van der Waals surface area contributed by atoms with Gasteiger partial charge in [0, 0.05) is 19.2 Å². The van der Waals surface area contributed by atoms with Gasteiger partial charge >= 0.3 is 5.97 Å². The first kappa shape index (κ1) is 11.0. The highest BCUT2D eigenvalue weighted by Gasteiger charge is 2.37. The standard InChI is InChI=1S/C12H12N2O4/c15-7-5-9(12(16)17)14(6-7)11-8-2-4-18-10(8)1-3-13-11/h1-4,7,9,15H,5-6H2,(H,16,17). The minimum absolute atomic E-state index is 0.214. The molecule has 94 valence electrons. The Morgan fingerprint density at radius 1 is 1.50 bits per heavy atom. The van der Waals surface area contributed by atoms with Crippen molar-refractivity contribution < 1.29 is 19.4 Å². The normalized spacial score (nSPS) is 23.7. The molecule has 0 saturated carbocycles. The van der Waals surface area contributed by atoms with E-state index in [9.17, 15) is 15.0 Å². The zero-order valence-electron chi connectivity index (χ0n) is 9.48. The van der Waals surface area contributed by atoms with Gasteiger partial charge in [-0.05, 0) is 12.1 Å². The summed E-state index contributed by atoms with van der Waals surface area (Å²) in [5, 5.41) is 19.6. The highest BCUT2D eigenvalue weighted by molar-refractivity contribution is 5.91. The zero-order valence-corrected chi connectivity index (χ0v) is 9.48. The number of fused-ring (bicyclic) bond motifs is 1. The molecule has 2 aromatic heterocycles. The number of aliphatic carboxylic acids is 1. The van der Waals surface area contributed by atoms with Gasteiger partial charge < -0.3 is 19.5 Å². The molecule has 0 spiro atoms. The van der Waals surface area contributed by atoms with Gasteiger partial charge in [0.05, 0.1) is 17.8 Å². The van der Waals surface area contributed by atoms with Gasteiger partial charge in [0.15, 0.2) is 0 Å². The Morgan fingerprint density at radius 3 is 3.11 bits per heavy atom. The summed E-state index contributed by atoms with van der Waals surface area (Å²) >= 11 is 0. The summed E-state index contributed by atoms with van der Waals surface area (Å²) in [5.74, 6) is -0.404. The SMILES string of the molecule is O=C(O)C1CC(O)CN1c1nccc2occc12. The van der Waals surface area contributed by atoms with Crippen molar-refractivity contribution in [1.82, 2.24) is 4.98 Å². The number of β-amino-alcohol motifs (C(OH)–C–C–N with tert-alkyl or cyclic N) is 1. The van der Waals surface area contributed by atoms with E-state index in [0.717, 1.165) is 5.39 Å². The van der Waals surface area contributed by atoms with Crippen molar-refractivity contribution in [3.63, 3.8) is 0 Å². The van der Waals surface area contributed by atoms with Crippen LogP contribution < -0.4 is 4.90 Å². The summed E-state index contributed by atoms with van der Waals surface area (Å²) < 4.78 is 5.26. The average Bonchev–Trinajstić information content (AvgIpc) is 2.94. The number of carboxylic acids is 1. The van der Waals surface area contributed by atoms with Gasteiger partial charge in [-0.15, -0.1) is 0 Å². The number of carbonyl (C=O) groups is 1. The topological polar surface area (TPSA) is 86.8 Å². The van der Waals surface area contributed by atoms with Crippen LogP contribution in [0, 0.1) is 0 Å². The van der Waals surface area contributed by atoms with Crippen molar-refractivity contribution in [2.24, 2.45) is 0 Å². The number of aliphatic hydroxyl groups is 1. The molecule has 2 N–H and O–H groups in total. The largest absolute Gasteiger partial charge is 0.480 e. The number of rotatable bonds is 2. The lowest BCUT2D eigenvalue weighted by Gasteiger charge is -2.22. The van der Waals surface area contributed by atoms with Crippen molar-refractivity contribution in [2.45, 2.75) is 18.6 Å². The second-order valence-corrected chi connectivity index (χ2v) is 4.36. The van der Waals surface area contributed by atoms with E-state index in [1.54, 1.807) is 23.2 Å². The van der Waals surface area contributed by atoms with E-state index in [2.05, 4.69) is 4.98 Å². The second-order valence-electron chi connectivity index (χ2n) is 4.36. The number of hydrogen-bond acceptors (Lipinski definition) is 5. The summed E-state index contributed by atoms with van der Waals surface area (Å²) in [6.45, 7) is 0.272. The predicted molar refractivity (Wildman–Crippen MR) is 63.4 cm³/mol. The molecule has 6 nitrogen and oxygen atoms in total. The monoisotopic (exact) mass is 248 g/mol. The molecule has 0 aliphatic carbocycles. The summed E-state index contributed by atoms with van der Waals surface area (Å²) in [4.78, 5) is 17.0. The van der Waals surface area contributed by atoms with Crippen molar-refractivity contribution in [3.8, 4) is 0 Å². The Morgan fingerprint density at radius 2 is 2.33 bits per heavy atom. The lowest BCUT2D eigenvalue weighted by atomic mass is 10.2. The zero-order chi connectivity index (χ0) is 12.7. The third-order valence-electron chi connectivity index (χ3n) is 3.19. The number of anilines is 1. The van der Waals surface area contributed by atoms with Gasteiger partial charge in [-0.3, -0.25) is 0 Å². The number of aliphatic hydroxyl groups excluding tert-OH is 1. The van der Waals surface area contributed by atoms with Crippen LogP contribution in [0.4, 0.5) is 5.82 Å². The maximum absolute atomic E-state index is 11.2. The molecule has 2 aromatic rings. The molecular weight excluding hydrogens is 236 g/mol. The Kier molecular flexibility index (Phi) is 2.45. The average molecular weight is 248 g/mol. The molecule has 0 amide bonds. The number of hydrogen-bond donors (Lipinski definition) is 2. The molecule has 1 saturated heterocycles. The van der Waals surface area contributed by atoms with Crippen molar-refractivity contribution in [1.29, 1.82) is 0 Å². The molecule has 0 bridgehead atoms. The number of pyridine rings is 1. The lowest BCUT2D eigenvalue weighted by Crippen LogP contribution is -2.36. The van der Waals surface area contributed by atoms with E-state index in [0.29, 0.717) is 11.4 Å². The summed E-state index contributed by atoms with van der Waals surface area (Å²) in [5.41, 5.74) is 0.658. The van der Waals surface area contributed by atoms with E-state index in [4.69, 9.17) is 4.42 Å². The minimum atomic E-state index is -0.950. The quantitative estimate of drug-likeness (QED) is 0.819. The first-order valence-corrected chi connectivity index (χ1v) is 5.66. The summed E-state index contributed by atoms with van der Waals surface area (Å²) in [7, 11) is 0. The van der Waals surface area contributed by atoms with E-state index >= 15 is 0 Å². The van der Waals surface area contributed by atoms with Gasteiger partial charge in [-0.1, -0.05) is 0 Å². The fourth-order valence-corrected chi connectivity index (χ4v) is 2.39. The molecule has 6 heteroatoms. The van der Waals surface area contributed by atoms with Crippen LogP contribution in [0.2, 0.25) is 0 Å². The first-order valence-electron chi connectivity index (χ1n) is 5.66. The van der Waals surface area contributed by atoms with Gasteiger partial charge in [0.2, 0.25) is 0 Å². The number of furan rings is 1. The highest BCUT2D eigenvalue weighted by atomic mass is 16.4. The maximum Gasteiger partial charge on any atom is 0.326 e. The van der Waals surface area contributed by atoms with Crippen molar-refractivity contribution in [2.75, 3.05) is 11.4 Å². The van der Waals surface area contributed by atoms with E-state index in [1.807, 2.05) is 0 Å². The third-order valence-corrected chi connectivity index (χ3v) is 3.19. The van der Waals surface area contributed by atoms with Crippen LogP contribution in [0.1, 0.15) is 6.42 Å². The second kappa shape index (κ2) is 3.99. The van der Waals surface area contributed by atoms with E-state index < -0.39 is 18.1 Å². The smallest absolute Gasteiger partial charge is 0.326 e. The molecule has 2 unspecified atom stereocenters. The van der Waals surface area contributed by atoms with Crippen LogP contribution in [0.15, 0.2) is 29.0 Å². The van der Waals surface area contributed by atoms with Gasteiger partial charge in [0.1, 0.15) is 17.4 Å². The first-order chi connectivity index (χ1) is 8.66. The number of carboxylic acid groups (broad SMARTS) is 1. The van der Waals surface area contributed by atoms with Crippen LogP contribution in [0.3, 0.4) is 0 Å². The maximum atomic E-state index is 11.2.